The van der Waals surface area contributed by atoms with Gasteiger partial charge in [-0.3, -0.25) is 19.2 Å². The quantitative estimate of drug-likeness (QED) is 0.0204. The van der Waals surface area contributed by atoms with Crippen LogP contribution in [0.5, 0.6) is 23.0 Å². The number of hydrogen-bond acceptors (Lipinski definition) is 12. The second kappa shape index (κ2) is 49.9. The molecule has 582 valence electrons. The van der Waals surface area contributed by atoms with Gasteiger partial charge in [0.15, 0.2) is 0 Å². The van der Waals surface area contributed by atoms with Gasteiger partial charge in [0.25, 0.3) is 0 Å². The SMILES string of the molecule is CCCCCCCc1ccc(OC(=O)C2CCC(C(=O)Oc3ccc(CCCCCCC)cc3)CC2)cc1.CCCCCc1ccc(C(=O)OC2CCC(OC(=O)c3ccc(CCCCC)cc3)CC2)cc1.CCCCCc1ccc(OC(=O)C2CCC(C(=O)Oc3ccc(CCCCC)cc3)CC2)cc1.[HH].[HH].[HH]. The maximum Gasteiger partial charge on any atom is 0.338 e. The molecule has 12 nitrogen and oxygen atoms in total. The van der Waals surface area contributed by atoms with E-state index in [1.807, 2.05) is 121 Å². The van der Waals surface area contributed by atoms with Gasteiger partial charge in [0.2, 0.25) is 0 Å². The maximum atomic E-state index is 12.7. The van der Waals surface area contributed by atoms with Crippen molar-refractivity contribution in [2.24, 2.45) is 23.7 Å². The Labute approximate surface area is 641 Å². The normalized spacial score (nSPS) is 17.6. The second-order valence-electron chi connectivity index (χ2n) is 30.1. The third-order valence-corrected chi connectivity index (χ3v) is 21.3. The van der Waals surface area contributed by atoms with E-state index in [9.17, 15) is 28.8 Å². The molecule has 3 fully saturated rings. The van der Waals surface area contributed by atoms with Crippen LogP contribution in [0.3, 0.4) is 0 Å². The lowest BCUT2D eigenvalue weighted by Crippen LogP contribution is -2.30. The minimum absolute atomic E-state index is 0. The van der Waals surface area contributed by atoms with Gasteiger partial charge in [-0.15, -0.1) is 0 Å². The lowest BCUT2D eigenvalue weighted by molar-refractivity contribution is -0.145. The van der Waals surface area contributed by atoms with Crippen LogP contribution in [0, 0.1) is 23.7 Å². The van der Waals surface area contributed by atoms with Gasteiger partial charge in [-0.1, -0.05) is 217 Å². The fraction of sp³-hybridized carbons (Fsp3) is 0.553. The minimum atomic E-state index is -0.264. The van der Waals surface area contributed by atoms with Crippen molar-refractivity contribution in [2.75, 3.05) is 0 Å². The largest absolute Gasteiger partial charge is 0.459 e. The third-order valence-electron chi connectivity index (χ3n) is 21.3. The third kappa shape index (κ3) is 32.3. The van der Waals surface area contributed by atoms with Gasteiger partial charge >= 0.3 is 35.8 Å². The summed E-state index contributed by atoms with van der Waals surface area (Å²) in [5, 5.41) is 0. The number of esters is 6. The summed E-state index contributed by atoms with van der Waals surface area (Å²) in [5.41, 5.74) is 8.86. The highest BCUT2D eigenvalue weighted by Crippen LogP contribution is 2.34. The molecular weight excluding hydrogens is 1320 g/mol. The van der Waals surface area contributed by atoms with Crippen LogP contribution < -0.4 is 18.9 Å². The van der Waals surface area contributed by atoms with Crippen LogP contribution in [0.25, 0.3) is 0 Å². The van der Waals surface area contributed by atoms with Crippen LogP contribution in [-0.4, -0.2) is 48.0 Å². The van der Waals surface area contributed by atoms with Crippen molar-refractivity contribution >= 4 is 35.8 Å². The van der Waals surface area contributed by atoms with Crippen LogP contribution in [0.15, 0.2) is 146 Å². The van der Waals surface area contributed by atoms with Crippen molar-refractivity contribution in [2.45, 2.75) is 311 Å². The highest BCUT2D eigenvalue weighted by molar-refractivity contribution is 5.90. The highest BCUT2D eigenvalue weighted by Gasteiger charge is 2.34. The fourth-order valence-electron chi connectivity index (χ4n) is 14.3. The summed E-state index contributed by atoms with van der Waals surface area (Å²) in [4.78, 5) is 75.7. The van der Waals surface area contributed by atoms with Crippen LogP contribution in [0.1, 0.15) is 318 Å². The molecule has 0 N–H and O–H groups in total. The molecule has 12 heteroatoms. The Morgan fingerprint density at radius 2 is 0.425 bits per heavy atom. The zero-order valence-corrected chi connectivity index (χ0v) is 65.5. The summed E-state index contributed by atoms with van der Waals surface area (Å²) in [6.07, 6.45) is 41.5. The van der Waals surface area contributed by atoms with E-state index in [4.69, 9.17) is 28.4 Å². The summed E-state index contributed by atoms with van der Waals surface area (Å²) in [5.74, 6) is 0.504. The molecule has 6 aromatic rings. The first-order valence-corrected chi connectivity index (χ1v) is 41.6. The van der Waals surface area contributed by atoms with Crippen molar-refractivity contribution in [3.8, 4) is 23.0 Å². The van der Waals surface area contributed by atoms with Gasteiger partial charge in [-0.05, 0) is 260 Å². The maximum absolute atomic E-state index is 12.7. The van der Waals surface area contributed by atoms with Gasteiger partial charge in [0, 0.05) is 4.28 Å². The van der Waals surface area contributed by atoms with E-state index in [1.54, 1.807) is 0 Å². The van der Waals surface area contributed by atoms with E-state index < -0.39 is 0 Å². The van der Waals surface area contributed by atoms with E-state index in [0.717, 1.165) is 64.2 Å². The Bertz CT molecular complexity index is 3210. The van der Waals surface area contributed by atoms with Crippen LogP contribution in [-0.2, 0) is 67.2 Å². The number of carbonyl (C=O) groups excluding carboxylic acids is 6. The monoisotopic (exact) mass is 1450 g/mol. The Hall–Kier alpha value is -7.86. The molecule has 9 rings (SSSR count). The Kier molecular flexibility index (Phi) is 40.2. The smallest absolute Gasteiger partial charge is 0.338 e. The van der Waals surface area contributed by atoms with Crippen molar-refractivity contribution in [1.29, 1.82) is 0 Å². The zero-order chi connectivity index (χ0) is 75.4. The first kappa shape index (κ1) is 85.4. The number of rotatable bonds is 40. The van der Waals surface area contributed by atoms with E-state index in [2.05, 4.69) is 65.8 Å². The molecule has 0 amide bonds. The lowest BCUT2D eigenvalue weighted by Gasteiger charge is -2.28. The van der Waals surface area contributed by atoms with E-state index in [0.29, 0.717) is 85.5 Å². The molecule has 0 spiro atoms. The number of hydrogen-bond donors (Lipinski definition) is 0. The molecule has 3 saturated carbocycles. The molecule has 0 radical (unpaired) electrons. The summed E-state index contributed by atoms with van der Waals surface area (Å²) < 4.78 is 34.0. The molecule has 0 heterocycles. The van der Waals surface area contributed by atoms with E-state index in [1.165, 1.54) is 175 Å². The molecule has 3 aliphatic carbocycles. The van der Waals surface area contributed by atoms with Crippen molar-refractivity contribution in [1.82, 2.24) is 0 Å². The number of carbonyl (C=O) groups is 6. The molecule has 0 aliphatic heterocycles. The molecule has 0 aromatic heterocycles. The van der Waals surface area contributed by atoms with Crippen molar-refractivity contribution in [3.05, 3.63) is 190 Å². The van der Waals surface area contributed by atoms with Gasteiger partial charge < -0.3 is 28.4 Å². The zero-order valence-electron chi connectivity index (χ0n) is 65.5. The number of ether oxygens (including phenoxy) is 6. The van der Waals surface area contributed by atoms with Crippen molar-refractivity contribution in [3.63, 3.8) is 0 Å². The second-order valence-corrected chi connectivity index (χ2v) is 30.1. The topological polar surface area (TPSA) is 158 Å². The van der Waals surface area contributed by atoms with Gasteiger partial charge in [0.05, 0.1) is 34.8 Å². The Morgan fingerprint density at radius 1 is 0.245 bits per heavy atom. The molecule has 0 unspecified atom stereocenters. The highest BCUT2D eigenvalue weighted by atomic mass is 16.6. The van der Waals surface area contributed by atoms with Crippen LogP contribution in [0.2, 0.25) is 0 Å². The standard InChI is InChI=1S/C34H48O4.2C30H40O4.3H2/c1-3-5-7-9-11-13-27-15-23-31(24-16-27)37-33(35)29-19-21-30(22-20-29)34(36)38-32-25-17-28(18-26-32)14-12-10-8-6-4-2;1-3-5-7-9-23-11-19-27(20-12-23)33-29(31)25-15-17-26(18-16-25)30(32)34-28-21-13-24(14-22-28)10-8-6-4-2;1-3-5-7-9-23-11-15-25(16-12-23)29(31)33-27-19-21-28(22-20-27)34-30(32)26-17-13-24(14-18-26)10-8-6-4-2;;;/h15-18,23-26,29-30H,3-14,19-22H2,1-2H3;11-14,19-22,25-26H,3-10,15-18H2,1-2H3;11-18,27-28H,3-10,19-22H2,1-2H3;3*1H. The predicted octanol–water partition coefficient (Wildman–Crippen LogP) is 24.7. The average Bonchev–Trinajstić information content (AvgIpc) is 0.858. The predicted molar refractivity (Wildman–Crippen MR) is 433 cm³/mol. The molecule has 0 saturated heterocycles. The van der Waals surface area contributed by atoms with E-state index in [-0.39, 0.29) is 76.0 Å². The summed E-state index contributed by atoms with van der Waals surface area (Å²) in [6, 6.07) is 47.2. The molecule has 106 heavy (non-hydrogen) atoms. The van der Waals surface area contributed by atoms with Gasteiger partial charge in [0.1, 0.15) is 35.2 Å². The number of unbranched alkanes of at least 4 members (excludes halogenated alkanes) is 16. The average molecular weight is 1460 g/mol. The summed E-state index contributed by atoms with van der Waals surface area (Å²) in [7, 11) is 0. The Morgan fingerprint density at radius 3 is 0.632 bits per heavy atom. The Balaban J connectivity index is 0.000000341. The van der Waals surface area contributed by atoms with E-state index >= 15 is 0 Å². The first-order chi connectivity index (χ1) is 51.8. The minimum Gasteiger partial charge on any atom is -0.459 e. The van der Waals surface area contributed by atoms with Gasteiger partial charge in [-0.25, -0.2) is 9.59 Å². The summed E-state index contributed by atoms with van der Waals surface area (Å²) in [6.45, 7) is 13.3. The van der Waals surface area contributed by atoms with Crippen molar-refractivity contribution < 1.29 is 61.5 Å². The molecular formula is C94H134O12. The molecule has 6 aromatic carbocycles. The molecule has 0 atom stereocenters. The number of aryl methyl sites for hydroxylation is 6. The van der Waals surface area contributed by atoms with Gasteiger partial charge in [-0.2, -0.15) is 0 Å². The molecule has 3 aliphatic rings. The van der Waals surface area contributed by atoms with Crippen LogP contribution in [0.4, 0.5) is 0 Å². The number of benzene rings is 6. The lowest BCUT2D eigenvalue weighted by atomic mass is 9.82. The summed E-state index contributed by atoms with van der Waals surface area (Å²) >= 11 is 0. The fourth-order valence-corrected chi connectivity index (χ4v) is 14.3. The van der Waals surface area contributed by atoms with Crippen LogP contribution >= 0.6 is 0 Å². The molecule has 0 bridgehead atoms. The first-order valence-electron chi connectivity index (χ1n) is 41.6.